The lowest BCUT2D eigenvalue weighted by atomic mass is 9.86. The highest BCUT2D eigenvalue weighted by Gasteiger charge is 2.17. The van der Waals surface area contributed by atoms with E-state index in [1.165, 1.54) is 16.9 Å². The van der Waals surface area contributed by atoms with Crippen LogP contribution in [0.5, 0.6) is 5.75 Å². The third-order valence-corrected chi connectivity index (χ3v) is 3.62. The molecule has 0 bridgehead atoms. The molecule has 1 aromatic heterocycles. The van der Waals surface area contributed by atoms with Crippen LogP contribution in [0.1, 0.15) is 33.3 Å². The molecule has 1 aromatic carbocycles. The van der Waals surface area contributed by atoms with Crippen molar-refractivity contribution in [3.05, 3.63) is 29.1 Å². The Hall–Kier alpha value is -1.55. The summed E-state index contributed by atoms with van der Waals surface area (Å²) in [5.41, 5.74) is 8.99. The summed E-state index contributed by atoms with van der Waals surface area (Å²) in [4.78, 5) is 4.36. The highest BCUT2D eigenvalue weighted by atomic mass is 32.1. The maximum atomic E-state index is 5.73. The summed E-state index contributed by atoms with van der Waals surface area (Å²) in [5, 5.41) is 2.55. The number of anilines is 1. The van der Waals surface area contributed by atoms with E-state index in [0.29, 0.717) is 11.7 Å². The fourth-order valence-electron chi connectivity index (χ4n) is 1.89. The molecular formula is C15H20N2OS. The van der Waals surface area contributed by atoms with Gasteiger partial charge < -0.3 is 10.5 Å². The zero-order valence-electron chi connectivity index (χ0n) is 11.9. The Morgan fingerprint density at radius 2 is 2.05 bits per heavy atom. The van der Waals surface area contributed by atoms with E-state index in [9.17, 15) is 0 Å². The molecule has 1 heterocycles. The first-order chi connectivity index (χ1) is 8.91. The molecule has 4 heteroatoms. The molecule has 0 spiro atoms. The Kier molecular flexibility index (Phi) is 3.80. The Balaban J connectivity index is 2.54. The summed E-state index contributed by atoms with van der Waals surface area (Å²) in [6.07, 6.45) is 0. The van der Waals surface area contributed by atoms with Crippen LogP contribution >= 0.6 is 11.3 Å². The number of aromatic nitrogens is 1. The van der Waals surface area contributed by atoms with Crippen LogP contribution in [0.2, 0.25) is 0 Å². The van der Waals surface area contributed by atoms with Gasteiger partial charge in [-0.3, -0.25) is 0 Å². The van der Waals surface area contributed by atoms with Gasteiger partial charge in [-0.25, -0.2) is 4.98 Å². The topological polar surface area (TPSA) is 48.1 Å². The van der Waals surface area contributed by atoms with Gasteiger partial charge in [0, 0.05) is 10.9 Å². The minimum Gasteiger partial charge on any atom is -0.493 e. The summed E-state index contributed by atoms with van der Waals surface area (Å²) >= 11 is 1.45. The van der Waals surface area contributed by atoms with Gasteiger partial charge in [0.05, 0.1) is 12.3 Å². The van der Waals surface area contributed by atoms with Crippen molar-refractivity contribution in [1.82, 2.24) is 4.98 Å². The Morgan fingerprint density at radius 1 is 1.32 bits per heavy atom. The van der Waals surface area contributed by atoms with Gasteiger partial charge in [-0.05, 0) is 30.0 Å². The van der Waals surface area contributed by atoms with E-state index in [4.69, 9.17) is 10.5 Å². The summed E-state index contributed by atoms with van der Waals surface area (Å²) in [6, 6.07) is 6.29. The first-order valence-electron chi connectivity index (χ1n) is 6.40. The highest BCUT2D eigenvalue weighted by molar-refractivity contribution is 7.13. The van der Waals surface area contributed by atoms with E-state index in [2.05, 4.69) is 37.9 Å². The van der Waals surface area contributed by atoms with Crippen molar-refractivity contribution in [2.75, 3.05) is 12.3 Å². The molecule has 0 fully saturated rings. The molecule has 102 valence electrons. The Bertz CT molecular complexity index is 570. The van der Waals surface area contributed by atoms with E-state index in [0.717, 1.165) is 17.0 Å². The molecule has 0 radical (unpaired) electrons. The van der Waals surface area contributed by atoms with E-state index in [1.54, 1.807) is 0 Å². The van der Waals surface area contributed by atoms with Gasteiger partial charge in [-0.2, -0.15) is 0 Å². The number of thiazole rings is 1. The second-order valence-electron chi connectivity index (χ2n) is 5.46. The van der Waals surface area contributed by atoms with Gasteiger partial charge in [0.1, 0.15) is 5.75 Å². The quantitative estimate of drug-likeness (QED) is 0.918. The van der Waals surface area contributed by atoms with Crippen LogP contribution in [0.3, 0.4) is 0 Å². The SMILES string of the molecule is CCOc1ccc(C(C)(C)C)cc1-c1csc(N)n1. The molecule has 2 N–H and O–H groups in total. The molecule has 0 unspecified atom stereocenters. The number of rotatable bonds is 3. The number of hydrogen-bond donors (Lipinski definition) is 1. The van der Waals surface area contributed by atoms with Gasteiger partial charge in [0.15, 0.2) is 5.13 Å². The van der Waals surface area contributed by atoms with Gasteiger partial charge >= 0.3 is 0 Å². The van der Waals surface area contributed by atoms with Crippen molar-refractivity contribution in [2.24, 2.45) is 0 Å². The maximum Gasteiger partial charge on any atom is 0.180 e. The molecule has 0 aliphatic carbocycles. The molecule has 0 amide bonds. The largest absolute Gasteiger partial charge is 0.493 e. The Morgan fingerprint density at radius 3 is 2.58 bits per heavy atom. The fraction of sp³-hybridized carbons (Fsp3) is 0.400. The van der Waals surface area contributed by atoms with Crippen molar-refractivity contribution in [2.45, 2.75) is 33.1 Å². The van der Waals surface area contributed by atoms with Gasteiger partial charge in [0.2, 0.25) is 0 Å². The standard InChI is InChI=1S/C15H20N2OS/c1-5-18-13-7-6-10(15(2,3)4)8-11(13)12-9-19-14(16)17-12/h6-9H,5H2,1-4H3,(H2,16,17). The second kappa shape index (κ2) is 5.21. The summed E-state index contributed by atoms with van der Waals surface area (Å²) in [5.74, 6) is 0.862. The van der Waals surface area contributed by atoms with Crippen LogP contribution < -0.4 is 10.5 Å². The van der Waals surface area contributed by atoms with Crippen LogP contribution in [0.25, 0.3) is 11.3 Å². The lowest BCUT2D eigenvalue weighted by Crippen LogP contribution is -2.11. The van der Waals surface area contributed by atoms with E-state index in [1.807, 2.05) is 18.4 Å². The third-order valence-electron chi connectivity index (χ3n) is 2.94. The van der Waals surface area contributed by atoms with Gasteiger partial charge in [0.25, 0.3) is 0 Å². The minimum absolute atomic E-state index is 0.0983. The monoisotopic (exact) mass is 276 g/mol. The zero-order chi connectivity index (χ0) is 14.0. The molecule has 3 nitrogen and oxygen atoms in total. The summed E-state index contributed by atoms with van der Waals surface area (Å²) in [7, 11) is 0. The average Bonchev–Trinajstić information content (AvgIpc) is 2.75. The fourth-order valence-corrected chi connectivity index (χ4v) is 2.45. The lowest BCUT2D eigenvalue weighted by molar-refractivity contribution is 0.341. The first-order valence-corrected chi connectivity index (χ1v) is 7.28. The molecule has 0 aliphatic heterocycles. The second-order valence-corrected chi connectivity index (χ2v) is 6.35. The predicted octanol–water partition coefficient (Wildman–Crippen LogP) is 4.09. The van der Waals surface area contributed by atoms with Crippen molar-refractivity contribution in [3.63, 3.8) is 0 Å². The summed E-state index contributed by atoms with van der Waals surface area (Å²) in [6.45, 7) is 9.21. The number of ether oxygens (including phenoxy) is 1. The van der Waals surface area contributed by atoms with Gasteiger partial charge in [-0.15, -0.1) is 11.3 Å². The molecule has 0 aliphatic rings. The number of benzene rings is 1. The number of nitrogen functional groups attached to an aromatic ring is 1. The Labute approximate surface area is 118 Å². The summed E-state index contributed by atoms with van der Waals surface area (Å²) < 4.78 is 5.69. The number of hydrogen-bond acceptors (Lipinski definition) is 4. The molecule has 19 heavy (non-hydrogen) atoms. The molecule has 2 aromatic rings. The molecule has 0 saturated heterocycles. The minimum atomic E-state index is 0.0983. The molecule has 2 rings (SSSR count). The average molecular weight is 276 g/mol. The van der Waals surface area contributed by atoms with Crippen molar-refractivity contribution < 1.29 is 4.74 Å². The maximum absolute atomic E-state index is 5.73. The van der Waals surface area contributed by atoms with Crippen molar-refractivity contribution in [1.29, 1.82) is 0 Å². The molecule has 0 atom stereocenters. The van der Waals surface area contributed by atoms with Crippen LogP contribution in [0.15, 0.2) is 23.6 Å². The molecule has 0 saturated carbocycles. The van der Waals surface area contributed by atoms with Crippen molar-refractivity contribution in [3.8, 4) is 17.0 Å². The van der Waals surface area contributed by atoms with Crippen LogP contribution in [-0.2, 0) is 5.41 Å². The normalized spacial score (nSPS) is 11.6. The van der Waals surface area contributed by atoms with E-state index < -0.39 is 0 Å². The van der Waals surface area contributed by atoms with Crippen LogP contribution in [0, 0.1) is 0 Å². The lowest BCUT2D eigenvalue weighted by Gasteiger charge is -2.21. The number of nitrogens with two attached hydrogens (primary N) is 1. The van der Waals surface area contributed by atoms with Gasteiger partial charge in [-0.1, -0.05) is 26.8 Å². The smallest absolute Gasteiger partial charge is 0.180 e. The highest BCUT2D eigenvalue weighted by Crippen LogP contribution is 2.35. The predicted molar refractivity (Wildman–Crippen MR) is 81.8 cm³/mol. The van der Waals surface area contributed by atoms with E-state index >= 15 is 0 Å². The van der Waals surface area contributed by atoms with Crippen molar-refractivity contribution >= 4 is 16.5 Å². The number of nitrogens with zero attached hydrogens (tertiary/aromatic N) is 1. The molecular weight excluding hydrogens is 256 g/mol. The van der Waals surface area contributed by atoms with Crippen LogP contribution in [0.4, 0.5) is 5.13 Å². The zero-order valence-corrected chi connectivity index (χ0v) is 12.7. The third kappa shape index (κ3) is 3.07. The van der Waals surface area contributed by atoms with E-state index in [-0.39, 0.29) is 5.41 Å². The van der Waals surface area contributed by atoms with Crippen LogP contribution in [-0.4, -0.2) is 11.6 Å². The first kappa shape index (κ1) is 13.9.